The summed E-state index contributed by atoms with van der Waals surface area (Å²) in [6.07, 6.45) is 0.765. The second-order valence-electron chi connectivity index (χ2n) is 5.95. The summed E-state index contributed by atoms with van der Waals surface area (Å²) in [6.45, 7) is 2.82. The van der Waals surface area contributed by atoms with Gasteiger partial charge < -0.3 is 10.6 Å². The zero-order chi connectivity index (χ0) is 16.6. The highest BCUT2D eigenvalue weighted by atomic mass is 19.1. The summed E-state index contributed by atoms with van der Waals surface area (Å²) < 4.78 is 27.6. The van der Waals surface area contributed by atoms with Gasteiger partial charge in [-0.2, -0.15) is 0 Å². The van der Waals surface area contributed by atoms with Gasteiger partial charge in [0.15, 0.2) is 0 Å². The average Bonchev–Trinajstić information content (AvgIpc) is 2.94. The third-order valence-electron chi connectivity index (χ3n) is 4.21. The summed E-state index contributed by atoms with van der Waals surface area (Å²) in [6, 6.07) is 8.61. The molecule has 0 unspecified atom stereocenters. The minimum Gasteiger partial charge on any atom is -0.337 e. The van der Waals surface area contributed by atoms with Crippen LogP contribution in [0.1, 0.15) is 22.3 Å². The van der Waals surface area contributed by atoms with Crippen LogP contribution in [0.25, 0.3) is 11.1 Å². The topological polar surface area (TPSA) is 46.3 Å². The molecular weight excluding hydrogens is 298 g/mol. The van der Waals surface area contributed by atoms with Crippen molar-refractivity contribution in [3.8, 4) is 11.1 Å². The molecule has 1 heterocycles. The maximum absolute atomic E-state index is 14.5. The van der Waals surface area contributed by atoms with E-state index in [9.17, 15) is 13.6 Å². The van der Waals surface area contributed by atoms with Crippen LogP contribution in [0.2, 0.25) is 0 Å². The van der Waals surface area contributed by atoms with Crippen molar-refractivity contribution in [1.82, 2.24) is 4.90 Å². The molecule has 120 valence electrons. The Bertz CT molecular complexity index is 761. The maximum Gasteiger partial charge on any atom is 0.254 e. The number of nitrogens with two attached hydrogens (primary N) is 1. The fourth-order valence-corrected chi connectivity index (χ4v) is 2.95. The van der Waals surface area contributed by atoms with Crippen molar-refractivity contribution in [2.45, 2.75) is 19.4 Å². The van der Waals surface area contributed by atoms with Gasteiger partial charge in [-0.15, -0.1) is 0 Å². The predicted molar refractivity (Wildman–Crippen MR) is 85.0 cm³/mol. The molecule has 1 aliphatic heterocycles. The van der Waals surface area contributed by atoms with E-state index >= 15 is 0 Å². The number of carbonyl (C=O) groups is 1. The van der Waals surface area contributed by atoms with Crippen molar-refractivity contribution < 1.29 is 13.6 Å². The lowest BCUT2D eigenvalue weighted by atomic mass is 9.98. The Labute approximate surface area is 133 Å². The van der Waals surface area contributed by atoms with Crippen LogP contribution in [-0.2, 0) is 0 Å². The van der Waals surface area contributed by atoms with Gasteiger partial charge in [-0.25, -0.2) is 8.78 Å². The van der Waals surface area contributed by atoms with E-state index < -0.39 is 5.82 Å². The number of hydrogen-bond acceptors (Lipinski definition) is 2. The number of carbonyl (C=O) groups excluding carboxylic acids is 1. The minimum absolute atomic E-state index is 0.00932. The molecule has 0 radical (unpaired) electrons. The van der Waals surface area contributed by atoms with Gasteiger partial charge in [0.1, 0.15) is 11.6 Å². The standard InChI is InChI=1S/C18H18F2N2O/c1-11-8-13(19)3-5-15(11)16-4-2-12(9-17(16)20)18(23)22-7-6-14(21)10-22/h2-5,8-9,14H,6-7,10,21H2,1H3/t14-/m0/s1. The Hall–Kier alpha value is -2.27. The van der Waals surface area contributed by atoms with E-state index in [4.69, 9.17) is 5.73 Å². The first kappa shape index (κ1) is 15.6. The summed E-state index contributed by atoms with van der Waals surface area (Å²) in [5.74, 6) is -1.06. The van der Waals surface area contributed by atoms with Gasteiger partial charge in [-0.3, -0.25) is 4.79 Å². The molecule has 2 N–H and O–H groups in total. The Morgan fingerprint density at radius 1 is 1.17 bits per heavy atom. The van der Waals surface area contributed by atoms with Crippen LogP contribution >= 0.6 is 0 Å². The van der Waals surface area contributed by atoms with Crippen LogP contribution in [0, 0.1) is 18.6 Å². The monoisotopic (exact) mass is 316 g/mol. The third-order valence-corrected chi connectivity index (χ3v) is 4.21. The molecule has 3 rings (SSSR count). The first-order valence-corrected chi connectivity index (χ1v) is 7.56. The number of likely N-dealkylation sites (tertiary alicyclic amines) is 1. The van der Waals surface area contributed by atoms with Crippen molar-refractivity contribution in [1.29, 1.82) is 0 Å². The quantitative estimate of drug-likeness (QED) is 0.925. The molecule has 0 saturated carbocycles. The van der Waals surface area contributed by atoms with E-state index in [1.807, 2.05) is 0 Å². The van der Waals surface area contributed by atoms with E-state index in [0.717, 1.165) is 6.42 Å². The lowest BCUT2D eigenvalue weighted by Gasteiger charge is -2.16. The lowest BCUT2D eigenvalue weighted by Crippen LogP contribution is -2.31. The Morgan fingerprint density at radius 2 is 1.91 bits per heavy atom. The molecule has 5 heteroatoms. The molecule has 1 saturated heterocycles. The summed E-state index contributed by atoms with van der Waals surface area (Å²) in [5, 5.41) is 0. The summed E-state index contributed by atoms with van der Waals surface area (Å²) in [4.78, 5) is 14.0. The maximum atomic E-state index is 14.5. The first-order valence-electron chi connectivity index (χ1n) is 7.56. The minimum atomic E-state index is -0.492. The van der Waals surface area contributed by atoms with Gasteiger partial charge in [0.25, 0.3) is 5.91 Å². The molecular formula is C18H18F2N2O. The number of aryl methyl sites for hydroxylation is 1. The van der Waals surface area contributed by atoms with E-state index in [-0.39, 0.29) is 17.8 Å². The van der Waals surface area contributed by atoms with Gasteiger partial charge in [0.2, 0.25) is 0 Å². The fraction of sp³-hybridized carbons (Fsp3) is 0.278. The molecule has 0 aliphatic carbocycles. The molecule has 1 amide bonds. The molecule has 23 heavy (non-hydrogen) atoms. The van der Waals surface area contributed by atoms with Crippen LogP contribution in [-0.4, -0.2) is 29.9 Å². The van der Waals surface area contributed by atoms with Crippen molar-refractivity contribution in [2.24, 2.45) is 5.73 Å². The Morgan fingerprint density at radius 3 is 2.52 bits per heavy atom. The molecule has 0 bridgehead atoms. The second kappa shape index (κ2) is 6.08. The largest absolute Gasteiger partial charge is 0.337 e. The number of nitrogens with zero attached hydrogens (tertiary/aromatic N) is 1. The molecule has 2 aromatic rings. The highest BCUT2D eigenvalue weighted by molar-refractivity contribution is 5.95. The fourth-order valence-electron chi connectivity index (χ4n) is 2.95. The van der Waals surface area contributed by atoms with Crippen molar-refractivity contribution in [3.05, 3.63) is 59.2 Å². The van der Waals surface area contributed by atoms with E-state index in [1.165, 1.54) is 18.2 Å². The number of benzene rings is 2. The molecule has 1 fully saturated rings. The normalized spacial score (nSPS) is 17.6. The van der Waals surface area contributed by atoms with Gasteiger partial charge in [-0.05, 0) is 48.7 Å². The number of hydrogen-bond donors (Lipinski definition) is 1. The summed E-state index contributed by atoms with van der Waals surface area (Å²) >= 11 is 0. The second-order valence-corrected chi connectivity index (χ2v) is 5.95. The smallest absolute Gasteiger partial charge is 0.254 e. The van der Waals surface area contributed by atoms with Crippen molar-refractivity contribution >= 4 is 5.91 Å². The van der Waals surface area contributed by atoms with Crippen LogP contribution in [0.3, 0.4) is 0 Å². The highest BCUT2D eigenvalue weighted by Gasteiger charge is 2.25. The van der Waals surface area contributed by atoms with Crippen LogP contribution < -0.4 is 5.73 Å². The third kappa shape index (κ3) is 3.10. The van der Waals surface area contributed by atoms with Gasteiger partial charge in [0.05, 0.1) is 0 Å². The molecule has 0 spiro atoms. The molecule has 0 aromatic heterocycles. The van der Waals surface area contributed by atoms with Crippen LogP contribution in [0.4, 0.5) is 8.78 Å². The number of amides is 1. The molecule has 3 nitrogen and oxygen atoms in total. The molecule has 1 aliphatic rings. The average molecular weight is 316 g/mol. The highest BCUT2D eigenvalue weighted by Crippen LogP contribution is 2.28. The van der Waals surface area contributed by atoms with Gasteiger partial charge in [0, 0.05) is 30.3 Å². The SMILES string of the molecule is Cc1cc(F)ccc1-c1ccc(C(=O)N2CC[C@H](N)C2)cc1F. The molecule has 2 aromatic carbocycles. The van der Waals surface area contributed by atoms with Gasteiger partial charge in [-0.1, -0.05) is 12.1 Å². The van der Waals surface area contributed by atoms with E-state index in [2.05, 4.69) is 0 Å². The number of rotatable bonds is 2. The van der Waals surface area contributed by atoms with Crippen molar-refractivity contribution in [3.63, 3.8) is 0 Å². The predicted octanol–water partition coefficient (Wildman–Crippen LogP) is 3.11. The summed E-state index contributed by atoms with van der Waals surface area (Å²) in [7, 11) is 0. The van der Waals surface area contributed by atoms with E-state index in [0.29, 0.717) is 35.3 Å². The summed E-state index contributed by atoms with van der Waals surface area (Å²) in [5.41, 5.74) is 7.73. The Kier molecular flexibility index (Phi) is 4.13. The van der Waals surface area contributed by atoms with E-state index in [1.54, 1.807) is 30.0 Å². The number of halogens is 2. The van der Waals surface area contributed by atoms with Gasteiger partial charge >= 0.3 is 0 Å². The molecule has 1 atom stereocenters. The van der Waals surface area contributed by atoms with Crippen LogP contribution in [0.15, 0.2) is 36.4 Å². The Balaban J connectivity index is 1.90. The zero-order valence-electron chi connectivity index (χ0n) is 12.9. The first-order chi connectivity index (χ1) is 11.0. The zero-order valence-corrected chi connectivity index (χ0v) is 12.9. The van der Waals surface area contributed by atoms with Crippen LogP contribution in [0.5, 0.6) is 0 Å². The lowest BCUT2D eigenvalue weighted by molar-refractivity contribution is 0.0790. The van der Waals surface area contributed by atoms with Crippen molar-refractivity contribution in [2.75, 3.05) is 13.1 Å².